The molecule has 4 rings (SSSR count). The first kappa shape index (κ1) is 13.9. The van der Waals surface area contributed by atoms with Crippen LogP contribution in [0, 0.1) is 0 Å². The van der Waals surface area contributed by atoms with Gasteiger partial charge in [-0.3, -0.25) is 0 Å². The minimum absolute atomic E-state index is 0.0426. The summed E-state index contributed by atoms with van der Waals surface area (Å²) in [5.74, 6) is 0. The third kappa shape index (κ3) is 2.23. The van der Waals surface area contributed by atoms with E-state index in [1.54, 1.807) is 6.20 Å². The van der Waals surface area contributed by atoms with Crippen LogP contribution < -0.4 is 0 Å². The molecule has 2 aromatic carbocycles. The third-order valence-corrected chi connectivity index (χ3v) is 4.82. The van der Waals surface area contributed by atoms with Gasteiger partial charge in [0.2, 0.25) is 0 Å². The zero-order chi connectivity index (χ0) is 15.1. The number of rotatable bonds is 1. The molecule has 0 amide bonds. The molecule has 0 saturated carbocycles. The van der Waals surface area contributed by atoms with Crippen LogP contribution in [0.5, 0.6) is 0 Å². The minimum Gasteiger partial charge on any atom is -0.326 e. The number of hydrogen-bond donors (Lipinski definition) is 0. The first-order valence-corrected chi connectivity index (χ1v) is 8.02. The van der Waals surface area contributed by atoms with E-state index in [-0.39, 0.29) is 6.04 Å². The Morgan fingerprint density at radius 3 is 2.68 bits per heavy atom. The standard InChI is InChI=1S/C18H14Cl2N2/c19-14-9-13-6-5-12-3-1-2-4-15(12)18(17(13)16(20)10-14)22-8-7-21-11-22/h1-4,7-11,18H,5-6H2/t18-/m1/s1. The molecule has 3 aromatic rings. The fourth-order valence-electron chi connectivity index (χ4n) is 3.34. The molecule has 0 fully saturated rings. The van der Waals surface area contributed by atoms with E-state index in [0.29, 0.717) is 5.02 Å². The fourth-order valence-corrected chi connectivity index (χ4v) is 3.98. The largest absolute Gasteiger partial charge is 0.326 e. The number of imidazole rings is 1. The average molecular weight is 329 g/mol. The summed E-state index contributed by atoms with van der Waals surface area (Å²) in [5, 5.41) is 1.41. The Morgan fingerprint density at radius 1 is 1.05 bits per heavy atom. The van der Waals surface area contributed by atoms with Crippen LogP contribution in [0.25, 0.3) is 0 Å². The maximum Gasteiger partial charge on any atom is 0.0954 e. The number of hydrogen-bond acceptors (Lipinski definition) is 1. The first-order valence-electron chi connectivity index (χ1n) is 7.27. The summed E-state index contributed by atoms with van der Waals surface area (Å²) in [6, 6.07) is 12.5. The van der Waals surface area contributed by atoms with Gasteiger partial charge in [-0.05, 0) is 41.7 Å². The summed E-state index contributed by atoms with van der Waals surface area (Å²) in [4.78, 5) is 4.21. The van der Waals surface area contributed by atoms with Gasteiger partial charge in [0, 0.05) is 28.0 Å². The summed E-state index contributed by atoms with van der Waals surface area (Å²) < 4.78 is 2.11. The quantitative estimate of drug-likeness (QED) is 0.619. The average Bonchev–Trinajstić information content (AvgIpc) is 2.97. The van der Waals surface area contributed by atoms with E-state index in [4.69, 9.17) is 23.2 Å². The lowest BCUT2D eigenvalue weighted by molar-refractivity contribution is 0.673. The maximum atomic E-state index is 6.58. The van der Waals surface area contributed by atoms with Gasteiger partial charge in [0.1, 0.15) is 0 Å². The number of aryl methyl sites for hydroxylation is 2. The van der Waals surface area contributed by atoms with Crippen molar-refractivity contribution in [3.05, 3.63) is 87.4 Å². The molecule has 110 valence electrons. The van der Waals surface area contributed by atoms with E-state index in [2.05, 4.69) is 33.8 Å². The van der Waals surface area contributed by atoms with Crippen molar-refractivity contribution in [1.29, 1.82) is 0 Å². The summed E-state index contributed by atoms with van der Waals surface area (Å²) in [6.07, 6.45) is 7.57. The van der Waals surface area contributed by atoms with Gasteiger partial charge >= 0.3 is 0 Å². The van der Waals surface area contributed by atoms with Crippen LogP contribution >= 0.6 is 23.2 Å². The number of aromatic nitrogens is 2. The Morgan fingerprint density at radius 2 is 1.86 bits per heavy atom. The molecule has 1 aromatic heterocycles. The van der Waals surface area contributed by atoms with Crippen molar-refractivity contribution >= 4 is 23.2 Å². The molecule has 0 radical (unpaired) electrons. The lowest BCUT2D eigenvalue weighted by Gasteiger charge is -2.23. The lowest BCUT2D eigenvalue weighted by atomic mass is 9.94. The molecule has 0 saturated heterocycles. The molecule has 0 N–H and O–H groups in total. The second-order valence-electron chi connectivity index (χ2n) is 5.57. The van der Waals surface area contributed by atoms with Crippen LogP contribution in [0.1, 0.15) is 28.3 Å². The van der Waals surface area contributed by atoms with Crippen LogP contribution in [0.15, 0.2) is 55.1 Å². The lowest BCUT2D eigenvalue weighted by Crippen LogP contribution is -2.13. The molecule has 1 aliphatic rings. The summed E-state index contributed by atoms with van der Waals surface area (Å²) in [7, 11) is 0. The SMILES string of the molecule is Clc1cc(Cl)c2c(c1)CCc1ccccc1[C@H]2n1ccnc1. The number of halogens is 2. The van der Waals surface area contributed by atoms with Crippen molar-refractivity contribution in [2.45, 2.75) is 18.9 Å². The summed E-state index contributed by atoms with van der Waals surface area (Å²) in [6.45, 7) is 0. The maximum absolute atomic E-state index is 6.58. The molecule has 1 heterocycles. The van der Waals surface area contributed by atoms with Gasteiger partial charge in [-0.25, -0.2) is 4.98 Å². The predicted molar refractivity (Wildman–Crippen MR) is 89.8 cm³/mol. The van der Waals surface area contributed by atoms with Gasteiger partial charge in [0.25, 0.3) is 0 Å². The van der Waals surface area contributed by atoms with E-state index < -0.39 is 0 Å². The molecule has 4 heteroatoms. The zero-order valence-corrected chi connectivity index (χ0v) is 13.3. The molecule has 0 aliphatic heterocycles. The second kappa shape index (κ2) is 5.45. The van der Waals surface area contributed by atoms with Gasteiger partial charge in [0.15, 0.2) is 0 Å². The van der Waals surface area contributed by atoms with Crippen molar-refractivity contribution in [1.82, 2.24) is 9.55 Å². The summed E-state index contributed by atoms with van der Waals surface area (Å²) in [5.41, 5.74) is 4.98. The van der Waals surface area contributed by atoms with Gasteiger partial charge in [-0.2, -0.15) is 0 Å². The highest BCUT2D eigenvalue weighted by atomic mass is 35.5. The van der Waals surface area contributed by atoms with Gasteiger partial charge < -0.3 is 4.57 Å². The van der Waals surface area contributed by atoms with Crippen molar-refractivity contribution < 1.29 is 0 Å². The third-order valence-electron chi connectivity index (χ3n) is 4.29. The normalized spacial score (nSPS) is 16.7. The van der Waals surface area contributed by atoms with Crippen molar-refractivity contribution in [3.63, 3.8) is 0 Å². The second-order valence-corrected chi connectivity index (χ2v) is 6.42. The molecular weight excluding hydrogens is 315 g/mol. The van der Waals surface area contributed by atoms with Crippen molar-refractivity contribution in [2.24, 2.45) is 0 Å². The monoisotopic (exact) mass is 328 g/mol. The molecular formula is C18H14Cl2N2. The topological polar surface area (TPSA) is 17.8 Å². The van der Waals surface area contributed by atoms with Crippen molar-refractivity contribution in [2.75, 3.05) is 0 Å². The van der Waals surface area contributed by atoms with E-state index in [9.17, 15) is 0 Å². The predicted octanol–water partition coefficient (Wildman–Crippen LogP) is 4.93. The zero-order valence-electron chi connectivity index (χ0n) is 11.8. The van der Waals surface area contributed by atoms with Crippen LogP contribution in [0.4, 0.5) is 0 Å². The molecule has 22 heavy (non-hydrogen) atoms. The molecule has 0 spiro atoms. The molecule has 0 unspecified atom stereocenters. The highest BCUT2D eigenvalue weighted by molar-refractivity contribution is 6.35. The number of nitrogens with zero attached hydrogens (tertiary/aromatic N) is 2. The van der Waals surface area contributed by atoms with Crippen LogP contribution in [0.3, 0.4) is 0 Å². The Hall–Kier alpha value is -1.77. The van der Waals surface area contributed by atoms with Crippen LogP contribution in [-0.4, -0.2) is 9.55 Å². The number of benzene rings is 2. The van der Waals surface area contributed by atoms with Gasteiger partial charge in [-0.1, -0.05) is 47.5 Å². The Kier molecular flexibility index (Phi) is 3.44. The smallest absolute Gasteiger partial charge is 0.0954 e. The minimum atomic E-state index is 0.0426. The van der Waals surface area contributed by atoms with E-state index >= 15 is 0 Å². The molecule has 2 nitrogen and oxygen atoms in total. The fraction of sp³-hybridized carbons (Fsp3) is 0.167. The Bertz CT molecular complexity index is 825. The Balaban J connectivity index is 2.03. The van der Waals surface area contributed by atoms with Crippen molar-refractivity contribution in [3.8, 4) is 0 Å². The highest BCUT2D eigenvalue weighted by Crippen LogP contribution is 2.40. The molecule has 0 bridgehead atoms. The first-order chi connectivity index (χ1) is 10.7. The van der Waals surface area contributed by atoms with E-state index in [1.165, 1.54) is 16.7 Å². The Labute approximate surface area is 139 Å². The number of fused-ring (bicyclic) bond motifs is 2. The van der Waals surface area contributed by atoms with Crippen LogP contribution in [-0.2, 0) is 12.8 Å². The van der Waals surface area contributed by atoms with Crippen LogP contribution in [0.2, 0.25) is 10.0 Å². The highest BCUT2D eigenvalue weighted by Gasteiger charge is 2.27. The van der Waals surface area contributed by atoms with Gasteiger partial charge in [-0.15, -0.1) is 0 Å². The van der Waals surface area contributed by atoms with E-state index in [1.807, 2.05) is 24.7 Å². The molecule has 1 aliphatic carbocycles. The van der Waals surface area contributed by atoms with E-state index in [0.717, 1.165) is 23.4 Å². The molecule has 1 atom stereocenters. The van der Waals surface area contributed by atoms with Gasteiger partial charge in [0.05, 0.1) is 12.4 Å². The summed E-state index contributed by atoms with van der Waals surface area (Å²) >= 11 is 12.8.